The first kappa shape index (κ1) is 18.4. The summed E-state index contributed by atoms with van der Waals surface area (Å²) >= 11 is 3.65. The Hall–Kier alpha value is -1.44. The summed E-state index contributed by atoms with van der Waals surface area (Å²) in [4.78, 5) is 14.5. The van der Waals surface area contributed by atoms with Crippen LogP contribution in [0.5, 0.6) is 0 Å². The highest BCUT2D eigenvalue weighted by atomic mass is 32.1. The lowest BCUT2D eigenvalue weighted by molar-refractivity contribution is 0.260. The molecule has 0 saturated heterocycles. The molecule has 0 aliphatic carbocycles. The Morgan fingerprint density at radius 2 is 2.28 bits per heavy atom. The Labute approximate surface area is 158 Å². The maximum Gasteiger partial charge on any atom is 0.191 e. The molecule has 0 aromatic carbocycles. The molecule has 2 aromatic heterocycles. The first-order valence-corrected chi connectivity index (χ1v) is 10.7. The van der Waals surface area contributed by atoms with Crippen LogP contribution in [0.2, 0.25) is 0 Å². The molecule has 0 atom stereocenters. The molecule has 0 saturated carbocycles. The average Bonchev–Trinajstić information content (AvgIpc) is 3.28. The van der Waals surface area contributed by atoms with Crippen molar-refractivity contribution in [1.29, 1.82) is 0 Å². The molecule has 136 valence electrons. The van der Waals surface area contributed by atoms with Crippen molar-refractivity contribution in [2.45, 2.75) is 39.8 Å². The van der Waals surface area contributed by atoms with Crippen molar-refractivity contribution in [1.82, 2.24) is 20.5 Å². The number of thiophene rings is 1. The number of rotatable bonds is 7. The standard InChI is InChI=1S/C18H27N5S2/c1-3-15-11-21-17(25-15)12-22-18(19-4-2)20-7-9-23-8-5-16-14(13-23)6-10-24-16/h6,10-11H,3-5,7-9,12-13H2,1-2H3,(H2,19,20,22). The Morgan fingerprint density at radius 1 is 1.36 bits per heavy atom. The predicted molar refractivity (Wildman–Crippen MR) is 108 cm³/mol. The summed E-state index contributed by atoms with van der Waals surface area (Å²) in [7, 11) is 0. The van der Waals surface area contributed by atoms with E-state index in [4.69, 9.17) is 0 Å². The minimum atomic E-state index is 0.641. The second kappa shape index (κ2) is 9.31. The molecule has 1 aliphatic heterocycles. The monoisotopic (exact) mass is 377 g/mol. The van der Waals surface area contributed by atoms with Gasteiger partial charge < -0.3 is 10.6 Å². The third kappa shape index (κ3) is 5.26. The van der Waals surface area contributed by atoms with E-state index in [2.05, 4.69) is 50.8 Å². The van der Waals surface area contributed by atoms with Gasteiger partial charge in [-0.15, -0.1) is 22.7 Å². The molecule has 0 spiro atoms. The minimum absolute atomic E-state index is 0.641. The molecule has 25 heavy (non-hydrogen) atoms. The maximum atomic E-state index is 4.67. The summed E-state index contributed by atoms with van der Waals surface area (Å²) in [5.41, 5.74) is 1.51. The van der Waals surface area contributed by atoms with Gasteiger partial charge in [-0.3, -0.25) is 4.90 Å². The topological polar surface area (TPSA) is 52.6 Å². The first-order chi connectivity index (χ1) is 12.3. The molecule has 2 aromatic rings. The maximum absolute atomic E-state index is 4.67. The lowest BCUT2D eigenvalue weighted by Crippen LogP contribution is -2.42. The number of aromatic nitrogens is 1. The predicted octanol–water partition coefficient (Wildman–Crippen LogP) is 2.88. The fraction of sp³-hybridized carbons (Fsp3) is 0.556. The van der Waals surface area contributed by atoms with Crippen molar-refractivity contribution in [2.75, 3.05) is 26.2 Å². The molecule has 7 heteroatoms. The normalized spacial score (nSPS) is 15.2. The second-order valence-corrected chi connectivity index (χ2v) is 8.29. The van der Waals surface area contributed by atoms with Crippen molar-refractivity contribution in [2.24, 2.45) is 4.99 Å². The zero-order valence-electron chi connectivity index (χ0n) is 15.0. The van der Waals surface area contributed by atoms with Crippen LogP contribution in [0.1, 0.15) is 34.2 Å². The van der Waals surface area contributed by atoms with Gasteiger partial charge in [0.1, 0.15) is 5.01 Å². The zero-order valence-corrected chi connectivity index (χ0v) is 16.7. The third-order valence-corrected chi connectivity index (χ3v) is 6.42. The van der Waals surface area contributed by atoms with Crippen LogP contribution in [0.3, 0.4) is 0 Å². The van der Waals surface area contributed by atoms with Gasteiger partial charge in [-0.25, -0.2) is 9.98 Å². The van der Waals surface area contributed by atoms with E-state index in [-0.39, 0.29) is 0 Å². The van der Waals surface area contributed by atoms with Gasteiger partial charge in [0.05, 0.1) is 6.54 Å². The van der Waals surface area contributed by atoms with Crippen LogP contribution in [0.4, 0.5) is 0 Å². The molecular formula is C18H27N5S2. The molecule has 3 heterocycles. The molecular weight excluding hydrogens is 350 g/mol. The number of nitrogens with one attached hydrogen (secondary N) is 2. The Bertz CT molecular complexity index is 691. The highest BCUT2D eigenvalue weighted by molar-refractivity contribution is 7.11. The molecule has 0 unspecified atom stereocenters. The van der Waals surface area contributed by atoms with Crippen LogP contribution >= 0.6 is 22.7 Å². The molecule has 0 amide bonds. The molecule has 2 N–H and O–H groups in total. The summed E-state index contributed by atoms with van der Waals surface area (Å²) in [6, 6.07) is 2.27. The molecule has 1 aliphatic rings. The number of guanidine groups is 1. The summed E-state index contributed by atoms with van der Waals surface area (Å²) in [6.45, 7) is 9.94. The summed E-state index contributed by atoms with van der Waals surface area (Å²) in [5.74, 6) is 0.879. The van der Waals surface area contributed by atoms with Gasteiger partial charge in [0.15, 0.2) is 5.96 Å². The average molecular weight is 378 g/mol. The number of nitrogens with zero attached hydrogens (tertiary/aromatic N) is 3. The lowest BCUT2D eigenvalue weighted by Gasteiger charge is -2.27. The van der Waals surface area contributed by atoms with Gasteiger partial charge in [0.2, 0.25) is 0 Å². The number of hydrogen-bond donors (Lipinski definition) is 2. The Morgan fingerprint density at radius 3 is 3.08 bits per heavy atom. The van der Waals surface area contributed by atoms with E-state index in [0.29, 0.717) is 6.54 Å². The molecule has 5 nitrogen and oxygen atoms in total. The van der Waals surface area contributed by atoms with E-state index >= 15 is 0 Å². The van der Waals surface area contributed by atoms with Gasteiger partial charge in [0.25, 0.3) is 0 Å². The van der Waals surface area contributed by atoms with Crippen LogP contribution in [0.15, 0.2) is 22.6 Å². The SMILES string of the molecule is CCNC(=NCc1ncc(CC)s1)NCCN1CCc2sccc2C1. The van der Waals surface area contributed by atoms with Crippen molar-refractivity contribution in [3.8, 4) is 0 Å². The van der Waals surface area contributed by atoms with E-state index in [9.17, 15) is 0 Å². The van der Waals surface area contributed by atoms with Crippen LogP contribution in [0.25, 0.3) is 0 Å². The fourth-order valence-electron chi connectivity index (χ4n) is 2.90. The van der Waals surface area contributed by atoms with Crippen LogP contribution in [-0.4, -0.2) is 42.0 Å². The molecule has 0 radical (unpaired) electrons. The van der Waals surface area contributed by atoms with Crippen molar-refractivity contribution < 1.29 is 0 Å². The first-order valence-electron chi connectivity index (χ1n) is 9.01. The van der Waals surface area contributed by atoms with Gasteiger partial charge in [-0.2, -0.15) is 0 Å². The number of hydrogen-bond acceptors (Lipinski definition) is 5. The number of fused-ring (bicyclic) bond motifs is 1. The van der Waals surface area contributed by atoms with Gasteiger partial charge in [-0.1, -0.05) is 6.92 Å². The van der Waals surface area contributed by atoms with E-state index in [1.165, 1.54) is 16.9 Å². The second-order valence-electron chi connectivity index (χ2n) is 6.09. The van der Waals surface area contributed by atoms with Crippen LogP contribution in [-0.2, 0) is 25.9 Å². The minimum Gasteiger partial charge on any atom is -0.357 e. The Kier molecular flexibility index (Phi) is 6.84. The summed E-state index contributed by atoms with van der Waals surface area (Å²) in [5, 5.41) is 10.1. The molecule has 0 fully saturated rings. The zero-order chi connectivity index (χ0) is 17.5. The summed E-state index contributed by atoms with van der Waals surface area (Å²) in [6.07, 6.45) is 4.19. The smallest absolute Gasteiger partial charge is 0.191 e. The highest BCUT2D eigenvalue weighted by Gasteiger charge is 2.16. The third-order valence-electron chi connectivity index (χ3n) is 4.27. The van der Waals surface area contributed by atoms with Crippen molar-refractivity contribution >= 4 is 28.6 Å². The Balaban J connectivity index is 1.46. The van der Waals surface area contributed by atoms with E-state index in [1.807, 2.05) is 17.5 Å². The fourth-order valence-corrected chi connectivity index (χ4v) is 4.58. The van der Waals surface area contributed by atoms with Gasteiger partial charge in [-0.05, 0) is 36.8 Å². The number of thiazole rings is 1. The number of aryl methyl sites for hydroxylation is 1. The number of aliphatic imine (C=N–C) groups is 1. The van der Waals surface area contributed by atoms with Crippen LogP contribution < -0.4 is 10.6 Å². The van der Waals surface area contributed by atoms with E-state index in [1.54, 1.807) is 16.2 Å². The highest BCUT2D eigenvalue weighted by Crippen LogP contribution is 2.23. The van der Waals surface area contributed by atoms with Crippen molar-refractivity contribution in [3.05, 3.63) is 38.0 Å². The van der Waals surface area contributed by atoms with Crippen LogP contribution in [0, 0.1) is 0 Å². The van der Waals surface area contributed by atoms with E-state index < -0.39 is 0 Å². The van der Waals surface area contributed by atoms with E-state index in [0.717, 1.165) is 50.1 Å². The quantitative estimate of drug-likeness (QED) is 0.575. The largest absolute Gasteiger partial charge is 0.357 e. The summed E-state index contributed by atoms with van der Waals surface area (Å²) < 4.78 is 0. The van der Waals surface area contributed by atoms with Gasteiger partial charge in [0, 0.05) is 48.7 Å². The molecule has 3 rings (SSSR count). The molecule has 0 bridgehead atoms. The lowest BCUT2D eigenvalue weighted by atomic mass is 10.1. The van der Waals surface area contributed by atoms with Crippen molar-refractivity contribution in [3.63, 3.8) is 0 Å². The van der Waals surface area contributed by atoms with Gasteiger partial charge >= 0.3 is 0 Å².